The number of aromatic nitrogens is 3. The molecular weight excluding hydrogens is 412 g/mol. The normalized spacial score (nSPS) is 26.2. The molecule has 2 aliphatic carbocycles. The van der Waals surface area contributed by atoms with Gasteiger partial charge in [0.25, 0.3) is 5.92 Å². The Bertz CT molecular complexity index is 802. The van der Waals surface area contributed by atoms with Gasteiger partial charge in [0.1, 0.15) is 11.9 Å². The van der Waals surface area contributed by atoms with Crippen molar-refractivity contribution >= 4 is 31.0 Å². The lowest BCUT2D eigenvalue weighted by Gasteiger charge is -2.27. The number of nitrogens with one attached hydrogen (secondary N) is 2. The third kappa shape index (κ3) is 4.99. The molecule has 28 heavy (non-hydrogen) atoms. The minimum Gasteiger partial charge on any atom is -0.380 e. The average Bonchev–Trinajstić information content (AvgIpc) is 3.36. The molecule has 0 amide bonds. The van der Waals surface area contributed by atoms with Crippen molar-refractivity contribution in [3.63, 3.8) is 0 Å². The summed E-state index contributed by atoms with van der Waals surface area (Å²) in [4.78, 5) is 11.4. The first-order valence-corrected chi connectivity index (χ1v) is 8.17. The highest BCUT2D eigenvalue weighted by Crippen LogP contribution is 2.41. The lowest BCUT2D eigenvalue weighted by molar-refractivity contribution is -0.138. The molecule has 1 aromatic heterocycles. The predicted octanol–water partition coefficient (Wildman–Crippen LogP) is 3.39. The Kier molecular flexibility index (Phi) is 5.94. The minimum absolute atomic E-state index is 0. The van der Waals surface area contributed by atoms with Crippen LogP contribution in [0.1, 0.15) is 39.8 Å². The third-order valence-electron chi connectivity index (χ3n) is 4.16. The standard InChI is InChI=1S/C15H17F6N5O.H2S/c1-6(15(19,20)21)22-12-24-11(25-13(26-12)23-7-2-3-7)8-4-5-14(17,18)10(27)9(8)16;/h6-7,10,27H,2-5H2,1H3,(H2,22,23,24,25,26);1H2/i10D;. The SMILES string of the molecule is S.[2H]C1(O)C(F)=C(c2nc(NC3CC3)nc(NC(C)C(F)(F)F)n2)CCC1(F)F. The van der Waals surface area contributed by atoms with Crippen LogP contribution in [0.25, 0.3) is 5.57 Å². The molecule has 1 heterocycles. The van der Waals surface area contributed by atoms with Crippen molar-refractivity contribution in [2.45, 2.75) is 62.9 Å². The summed E-state index contributed by atoms with van der Waals surface area (Å²) in [7, 11) is 0. The highest BCUT2D eigenvalue weighted by atomic mass is 32.1. The van der Waals surface area contributed by atoms with Crippen molar-refractivity contribution in [2.24, 2.45) is 0 Å². The zero-order valence-electron chi connectivity index (χ0n) is 15.5. The van der Waals surface area contributed by atoms with E-state index in [1.165, 1.54) is 0 Å². The summed E-state index contributed by atoms with van der Waals surface area (Å²) in [5, 5.41) is 14.4. The second kappa shape index (κ2) is 7.93. The summed E-state index contributed by atoms with van der Waals surface area (Å²) in [6.07, 6.45) is -8.54. The molecule has 0 aliphatic heterocycles. The van der Waals surface area contributed by atoms with Crippen LogP contribution < -0.4 is 10.6 Å². The molecule has 0 saturated heterocycles. The molecule has 0 aromatic carbocycles. The minimum atomic E-state index is -4.62. The van der Waals surface area contributed by atoms with Crippen LogP contribution in [0, 0.1) is 0 Å². The summed E-state index contributed by atoms with van der Waals surface area (Å²) in [5.41, 5.74) is -0.576. The van der Waals surface area contributed by atoms with E-state index in [1.807, 2.05) is 5.32 Å². The van der Waals surface area contributed by atoms with E-state index in [0.717, 1.165) is 19.8 Å². The van der Waals surface area contributed by atoms with E-state index in [1.54, 1.807) is 0 Å². The van der Waals surface area contributed by atoms with Crippen molar-refractivity contribution in [3.05, 3.63) is 11.7 Å². The quantitative estimate of drug-likeness (QED) is 0.619. The van der Waals surface area contributed by atoms with Crippen LogP contribution in [-0.2, 0) is 0 Å². The molecule has 158 valence electrons. The van der Waals surface area contributed by atoms with E-state index in [0.29, 0.717) is 0 Å². The zero-order valence-corrected chi connectivity index (χ0v) is 15.5. The molecule has 6 nitrogen and oxygen atoms in total. The van der Waals surface area contributed by atoms with E-state index in [2.05, 4.69) is 20.3 Å². The van der Waals surface area contributed by atoms with E-state index < -0.39 is 60.2 Å². The number of hydrogen-bond acceptors (Lipinski definition) is 6. The number of halogens is 6. The number of anilines is 2. The van der Waals surface area contributed by atoms with Crippen molar-refractivity contribution in [1.82, 2.24) is 15.0 Å². The predicted molar refractivity (Wildman–Crippen MR) is 94.2 cm³/mol. The van der Waals surface area contributed by atoms with Crippen LogP contribution in [0.15, 0.2) is 5.83 Å². The highest BCUT2D eigenvalue weighted by Gasteiger charge is 2.46. The van der Waals surface area contributed by atoms with Gasteiger partial charge in [0, 0.05) is 18.0 Å². The largest absolute Gasteiger partial charge is 0.408 e. The van der Waals surface area contributed by atoms with E-state index >= 15 is 0 Å². The number of aliphatic hydroxyl groups is 1. The summed E-state index contributed by atoms with van der Waals surface area (Å²) < 4.78 is 87.4. The number of alkyl halides is 5. The molecule has 3 rings (SSSR count). The third-order valence-corrected chi connectivity index (χ3v) is 4.16. The molecule has 13 heteroatoms. The Morgan fingerprint density at radius 3 is 2.39 bits per heavy atom. The fraction of sp³-hybridized carbons (Fsp3) is 0.667. The van der Waals surface area contributed by atoms with Crippen LogP contribution in [0.4, 0.5) is 38.2 Å². The second-order valence-corrected chi connectivity index (χ2v) is 6.48. The lowest BCUT2D eigenvalue weighted by Crippen LogP contribution is -2.37. The second-order valence-electron chi connectivity index (χ2n) is 6.48. The van der Waals surface area contributed by atoms with E-state index in [-0.39, 0.29) is 25.5 Å². The number of hydrogen-bond donors (Lipinski definition) is 3. The van der Waals surface area contributed by atoms with Gasteiger partial charge in [0.05, 0.1) is 1.37 Å². The first kappa shape index (κ1) is 21.0. The fourth-order valence-electron chi connectivity index (χ4n) is 2.35. The highest BCUT2D eigenvalue weighted by molar-refractivity contribution is 7.59. The van der Waals surface area contributed by atoms with Crippen LogP contribution in [-0.4, -0.2) is 50.3 Å². The van der Waals surface area contributed by atoms with Gasteiger partial charge >= 0.3 is 6.18 Å². The summed E-state index contributed by atoms with van der Waals surface area (Å²) >= 11 is 0. The van der Waals surface area contributed by atoms with Crippen molar-refractivity contribution in [2.75, 3.05) is 10.6 Å². The van der Waals surface area contributed by atoms with Gasteiger partial charge < -0.3 is 15.7 Å². The van der Waals surface area contributed by atoms with Crippen LogP contribution in [0.3, 0.4) is 0 Å². The lowest BCUT2D eigenvalue weighted by atomic mass is 9.92. The maximum atomic E-state index is 14.4. The van der Waals surface area contributed by atoms with Gasteiger partial charge in [-0.1, -0.05) is 0 Å². The smallest absolute Gasteiger partial charge is 0.380 e. The van der Waals surface area contributed by atoms with Gasteiger partial charge in [0.2, 0.25) is 11.9 Å². The van der Waals surface area contributed by atoms with Crippen LogP contribution in [0.2, 0.25) is 0 Å². The molecule has 0 spiro atoms. The zero-order chi connectivity index (χ0) is 20.9. The fourth-order valence-corrected chi connectivity index (χ4v) is 2.35. The van der Waals surface area contributed by atoms with Gasteiger partial charge in [-0.05, 0) is 26.2 Å². The summed E-state index contributed by atoms with van der Waals surface area (Å²) in [6.45, 7) is 0.820. The maximum Gasteiger partial charge on any atom is 0.408 e. The Labute approximate surface area is 164 Å². The van der Waals surface area contributed by atoms with Gasteiger partial charge in [-0.3, -0.25) is 0 Å². The molecule has 0 radical (unpaired) electrons. The Balaban J connectivity index is 0.00000300. The molecule has 2 unspecified atom stereocenters. The molecule has 1 aromatic rings. The molecule has 1 fully saturated rings. The van der Waals surface area contributed by atoms with Crippen LogP contribution >= 0.6 is 13.5 Å². The maximum absolute atomic E-state index is 14.4. The van der Waals surface area contributed by atoms with E-state index in [4.69, 9.17) is 1.37 Å². The van der Waals surface area contributed by atoms with Crippen molar-refractivity contribution in [1.29, 1.82) is 0 Å². The van der Waals surface area contributed by atoms with Crippen molar-refractivity contribution < 1.29 is 32.8 Å². The summed E-state index contributed by atoms with van der Waals surface area (Å²) in [6, 6.07) is -2.05. The van der Waals surface area contributed by atoms with Gasteiger partial charge in [0.15, 0.2) is 11.9 Å². The molecule has 2 atom stereocenters. The molecular formula is C15H19F6N5OS. The number of allylic oxidation sites excluding steroid dienone is 1. The van der Waals surface area contributed by atoms with Gasteiger partial charge in [-0.15, -0.1) is 0 Å². The van der Waals surface area contributed by atoms with Gasteiger partial charge in [-0.25, -0.2) is 13.2 Å². The number of rotatable bonds is 5. The monoisotopic (exact) mass is 432 g/mol. The average molecular weight is 432 g/mol. The summed E-state index contributed by atoms with van der Waals surface area (Å²) in [5.74, 6) is -7.09. The van der Waals surface area contributed by atoms with Crippen LogP contribution in [0.5, 0.6) is 0 Å². The molecule has 2 aliphatic rings. The first-order valence-electron chi connectivity index (χ1n) is 8.67. The van der Waals surface area contributed by atoms with Gasteiger partial charge in [-0.2, -0.15) is 41.6 Å². The number of nitrogens with zero attached hydrogens (tertiary/aromatic N) is 3. The Morgan fingerprint density at radius 1 is 1.21 bits per heavy atom. The topological polar surface area (TPSA) is 83.0 Å². The molecule has 3 N–H and O–H groups in total. The molecule has 1 saturated carbocycles. The van der Waals surface area contributed by atoms with E-state index in [9.17, 15) is 31.4 Å². The molecule has 0 bridgehead atoms. The first-order chi connectivity index (χ1) is 12.8. The van der Waals surface area contributed by atoms with Crippen molar-refractivity contribution in [3.8, 4) is 0 Å². The Hall–Kier alpha value is -1.76. The Morgan fingerprint density at radius 2 is 1.82 bits per heavy atom.